The van der Waals surface area contributed by atoms with Crippen LogP contribution in [0.4, 0.5) is 0 Å². The maximum atomic E-state index is 6.15. The van der Waals surface area contributed by atoms with Gasteiger partial charge in [-0.15, -0.1) is 0 Å². The summed E-state index contributed by atoms with van der Waals surface area (Å²) in [5.74, 6) is 2.86. The second kappa shape index (κ2) is 7.41. The first-order valence-corrected chi connectivity index (χ1v) is 9.13. The van der Waals surface area contributed by atoms with E-state index in [0.717, 1.165) is 43.2 Å². The van der Waals surface area contributed by atoms with Crippen molar-refractivity contribution in [2.45, 2.75) is 45.3 Å². The van der Waals surface area contributed by atoms with Crippen molar-refractivity contribution in [3.05, 3.63) is 23.8 Å². The van der Waals surface area contributed by atoms with Crippen LogP contribution in [0.3, 0.4) is 0 Å². The number of benzene rings is 1. The van der Waals surface area contributed by atoms with E-state index in [1.54, 1.807) is 11.8 Å². The minimum atomic E-state index is -0.143. The zero-order valence-corrected chi connectivity index (χ0v) is 14.4. The normalized spacial score (nSPS) is 19.7. The van der Waals surface area contributed by atoms with E-state index >= 15 is 0 Å². The van der Waals surface area contributed by atoms with Crippen molar-refractivity contribution in [1.82, 2.24) is 5.32 Å². The van der Waals surface area contributed by atoms with E-state index in [1.807, 2.05) is 6.07 Å². The van der Waals surface area contributed by atoms with Crippen LogP contribution in [-0.4, -0.2) is 30.8 Å². The van der Waals surface area contributed by atoms with Crippen LogP contribution in [0.2, 0.25) is 0 Å². The van der Waals surface area contributed by atoms with Crippen LogP contribution in [0.25, 0.3) is 0 Å². The maximum Gasteiger partial charge on any atom is 0.128 e. The highest BCUT2D eigenvalue weighted by molar-refractivity contribution is 7.98. The lowest BCUT2D eigenvalue weighted by molar-refractivity contribution is 0.0657. The molecule has 118 valence electrons. The predicted molar refractivity (Wildman–Crippen MR) is 90.7 cm³/mol. The SMILES string of the molecule is CCCNC1CC(C)(C)Oc2cc(OCCSC)ccc21. The van der Waals surface area contributed by atoms with Gasteiger partial charge in [-0.3, -0.25) is 0 Å². The molecule has 4 heteroatoms. The molecule has 0 fully saturated rings. The van der Waals surface area contributed by atoms with Crippen LogP contribution in [0.1, 0.15) is 45.2 Å². The van der Waals surface area contributed by atoms with Crippen molar-refractivity contribution < 1.29 is 9.47 Å². The minimum absolute atomic E-state index is 0.143. The van der Waals surface area contributed by atoms with Gasteiger partial charge in [0.25, 0.3) is 0 Å². The molecule has 3 nitrogen and oxygen atoms in total. The summed E-state index contributed by atoms with van der Waals surface area (Å²) in [5, 5.41) is 3.63. The summed E-state index contributed by atoms with van der Waals surface area (Å²) >= 11 is 1.79. The lowest BCUT2D eigenvalue weighted by Crippen LogP contribution is -2.39. The molecule has 2 rings (SSSR count). The highest BCUT2D eigenvalue weighted by atomic mass is 32.2. The maximum absolute atomic E-state index is 6.15. The minimum Gasteiger partial charge on any atom is -0.493 e. The fourth-order valence-electron chi connectivity index (χ4n) is 2.67. The topological polar surface area (TPSA) is 30.5 Å². The lowest BCUT2D eigenvalue weighted by Gasteiger charge is -2.38. The first-order valence-electron chi connectivity index (χ1n) is 7.74. The second-order valence-electron chi connectivity index (χ2n) is 6.11. The van der Waals surface area contributed by atoms with Gasteiger partial charge in [0.1, 0.15) is 17.1 Å². The van der Waals surface area contributed by atoms with Gasteiger partial charge in [-0.1, -0.05) is 13.0 Å². The molecule has 0 saturated heterocycles. The Morgan fingerprint density at radius 2 is 2.24 bits per heavy atom. The third kappa shape index (κ3) is 4.55. The van der Waals surface area contributed by atoms with E-state index < -0.39 is 0 Å². The number of ether oxygens (including phenoxy) is 2. The Hall–Kier alpha value is -0.870. The van der Waals surface area contributed by atoms with Crippen LogP contribution in [0, 0.1) is 0 Å². The van der Waals surface area contributed by atoms with Gasteiger partial charge in [0.15, 0.2) is 0 Å². The lowest BCUT2D eigenvalue weighted by atomic mass is 9.89. The van der Waals surface area contributed by atoms with E-state index in [4.69, 9.17) is 9.47 Å². The molecule has 1 aliphatic rings. The molecule has 1 N–H and O–H groups in total. The standard InChI is InChI=1S/C17H27NO2S/c1-5-8-18-15-12-17(2,3)20-16-11-13(6-7-14(15)16)19-9-10-21-4/h6-7,11,15,18H,5,8-10,12H2,1-4H3. The molecule has 1 aromatic rings. The van der Waals surface area contributed by atoms with Crippen molar-refractivity contribution in [3.8, 4) is 11.5 Å². The molecule has 1 aliphatic heterocycles. The summed E-state index contributed by atoms with van der Waals surface area (Å²) in [6.07, 6.45) is 4.22. The molecule has 0 spiro atoms. The van der Waals surface area contributed by atoms with Crippen molar-refractivity contribution in [1.29, 1.82) is 0 Å². The van der Waals surface area contributed by atoms with Gasteiger partial charge in [0, 0.05) is 29.8 Å². The number of hydrogen-bond acceptors (Lipinski definition) is 4. The van der Waals surface area contributed by atoms with Crippen LogP contribution in [-0.2, 0) is 0 Å². The quantitative estimate of drug-likeness (QED) is 0.770. The third-order valence-electron chi connectivity index (χ3n) is 3.64. The van der Waals surface area contributed by atoms with Crippen LogP contribution >= 0.6 is 11.8 Å². The molecule has 0 radical (unpaired) electrons. The van der Waals surface area contributed by atoms with Crippen molar-refractivity contribution in [3.63, 3.8) is 0 Å². The van der Waals surface area contributed by atoms with E-state index in [-0.39, 0.29) is 5.60 Å². The molecule has 0 aromatic heterocycles. The highest BCUT2D eigenvalue weighted by Gasteiger charge is 2.33. The molecule has 1 atom stereocenters. The number of hydrogen-bond donors (Lipinski definition) is 1. The zero-order valence-electron chi connectivity index (χ0n) is 13.6. The van der Waals surface area contributed by atoms with Gasteiger partial charge in [-0.05, 0) is 39.1 Å². The fourth-order valence-corrected chi connectivity index (χ4v) is 2.92. The molecule has 0 aliphatic carbocycles. The Morgan fingerprint density at radius 1 is 1.43 bits per heavy atom. The average Bonchev–Trinajstić information content (AvgIpc) is 2.43. The summed E-state index contributed by atoms with van der Waals surface area (Å²) in [7, 11) is 0. The third-order valence-corrected chi connectivity index (χ3v) is 4.21. The average molecular weight is 309 g/mol. The van der Waals surface area contributed by atoms with Gasteiger partial charge in [-0.25, -0.2) is 0 Å². The van der Waals surface area contributed by atoms with Crippen molar-refractivity contribution >= 4 is 11.8 Å². The Labute approximate surface area is 132 Å². The second-order valence-corrected chi connectivity index (χ2v) is 7.10. The number of fused-ring (bicyclic) bond motifs is 1. The zero-order chi connectivity index (χ0) is 15.3. The summed E-state index contributed by atoms with van der Waals surface area (Å²) in [5.41, 5.74) is 1.11. The van der Waals surface area contributed by atoms with Crippen LogP contribution in [0.5, 0.6) is 11.5 Å². The van der Waals surface area contributed by atoms with Crippen molar-refractivity contribution in [2.75, 3.05) is 25.2 Å². The van der Waals surface area contributed by atoms with Gasteiger partial charge in [0.2, 0.25) is 0 Å². The number of thioether (sulfide) groups is 1. The highest BCUT2D eigenvalue weighted by Crippen LogP contribution is 2.41. The molecule has 21 heavy (non-hydrogen) atoms. The molecule has 0 amide bonds. The number of nitrogens with one attached hydrogen (secondary N) is 1. The Bertz CT molecular complexity index is 462. The summed E-state index contributed by atoms with van der Waals surface area (Å²) in [4.78, 5) is 0. The first-order chi connectivity index (χ1) is 10.1. The van der Waals surface area contributed by atoms with Crippen LogP contribution in [0.15, 0.2) is 18.2 Å². The molecular weight excluding hydrogens is 282 g/mol. The smallest absolute Gasteiger partial charge is 0.128 e. The monoisotopic (exact) mass is 309 g/mol. The fraction of sp³-hybridized carbons (Fsp3) is 0.647. The van der Waals surface area contributed by atoms with E-state index in [2.05, 4.69) is 44.5 Å². The molecule has 0 bridgehead atoms. The van der Waals surface area contributed by atoms with E-state index in [9.17, 15) is 0 Å². The van der Waals surface area contributed by atoms with Gasteiger partial charge in [-0.2, -0.15) is 11.8 Å². The molecule has 1 heterocycles. The van der Waals surface area contributed by atoms with Gasteiger partial charge in [0.05, 0.1) is 6.61 Å². The largest absolute Gasteiger partial charge is 0.493 e. The van der Waals surface area contributed by atoms with Crippen LogP contribution < -0.4 is 14.8 Å². The molecule has 0 saturated carbocycles. The van der Waals surface area contributed by atoms with Gasteiger partial charge < -0.3 is 14.8 Å². The summed E-state index contributed by atoms with van der Waals surface area (Å²) in [6.45, 7) is 8.27. The first kappa shape index (κ1) is 16.5. The Morgan fingerprint density at radius 3 is 2.95 bits per heavy atom. The van der Waals surface area contributed by atoms with E-state index in [0.29, 0.717) is 6.04 Å². The predicted octanol–water partition coefficient (Wildman–Crippen LogP) is 4.03. The number of rotatable bonds is 7. The Kier molecular flexibility index (Phi) is 5.82. The van der Waals surface area contributed by atoms with Crippen molar-refractivity contribution in [2.24, 2.45) is 0 Å². The molecule has 1 aromatic carbocycles. The molecular formula is C17H27NO2S. The summed E-state index contributed by atoms with van der Waals surface area (Å²) in [6, 6.07) is 6.61. The Balaban J connectivity index is 2.15. The van der Waals surface area contributed by atoms with Gasteiger partial charge >= 0.3 is 0 Å². The summed E-state index contributed by atoms with van der Waals surface area (Å²) < 4.78 is 11.9. The molecule has 1 unspecified atom stereocenters. The van der Waals surface area contributed by atoms with E-state index in [1.165, 1.54) is 5.56 Å².